The Morgan fingerprint density at radius 3 is 1.47 bits per heavy atom. The third kappa shape index (κ3) is 5.73. The average molecular weight is 478 g/mol. The molecular formula is C33H39N3. The van der Waals surface area contributed by atoms with Crippen molar-refractivity contribution in [2.24, 2.45) is 0 Å². The Bertz CT molecular complexity index is 1290. The minimum Gasteiger partial charge on any atom is -0.208 e. The van der Waals surface area contributed by atoms with Gasteiger partial charge in [0.15, 0.2) is 17.5 Å². The van der Waals surface area contributed by atoms with Gasteiger partial charge in [0.25, 0.3) is 0 Å². The molecule has 0 spiro atoms. The molecule has 0 N–H and O–H groups in total. The van der Waals surface area contributed by atoms with Crippen LogP contribution in [0.15, 0.2) is 48.5 Å². The summed E-state index contributed by atoms with van der Waals surface area (Å²) in [5, 5.41) is 0. The van der Waals surface area contributed by atoms with Crippen molar-refractivity contribution >= 4 is 0 Å². The number of aromatic nitrogens is 3. The molecule has 0 aliphatic rings. The summed E-state index contributed by atoms with van der Waals surface area (Å²) in [7, 11) is 0. The number of rotatable bonds is 8. The maximum absolute atomic E-state index is 5.02. The van der Waals surface area contributed by atoms with E-state index in [4.69, 9.17) is 15.0 Å². The first-order chi connectivity index (χ1) is 17.3. The number of hydrogen-bond donors (Lipinski definition) is 0. The summed E-state index contributed by atoms with van der Waals surface area (Å²) in [5.41, 5.74) is 12.0. The van der Waals surface area contributed by atoms with Crippen molar-refractivity contribution in [3.05, 3.63) is 87.5 Å². The Labute approximate surface area is 217 Å². The van der Waals surface area contributed by atoms with Gasteiger partial charge in [-0.05, 0) is 105 Å². The minimum absolute atomic E-state index is 0.725. The highest BCUT2D eigenvalue weighted by atomic mass is 15.0. The van der Waals surface area contributed by atoms with Crippen LogP contribution in [0.25, 0.3) is 34.2 Å². The predicted octanol–water partition coefficient (Wildman–Crippen LogP) is 8.85. The first kappa shape index (κ1) is 25.8. The first-order valence-corrected chi connectivity index (χ1v) is 13.3. The molecule has 0 amide bonds. The molecule has 0 atom stereocenters. The Morgan fingerprint density at radius 2 is 0.972 bits per heavy atom. The van der Waals surface area contributed by atoms with Crippen molar-refractivity contribution in [2.75, 3.05) is 0 Å². The summed E-state index contributed by atoms with van der Waals surface area (Å²) >= 11 is 0. The Hall–Kier alpha value is -3.33. The molecule has 0 aliphatic heterocycles. The van der Waals surface area contributed by atoms with E-state index in [2.05, 4.69) is 97.0 Å². The molecule has 0 saturated carbocycles. The van der Waals surface area contributed by atoms with E-state index in [1.54, 1.807) is 0 Å². The molecular weight excluding hydrogens is 438 g/mol. The SMILES string of the molecule is CCCCCCc1ccc(-c2nc(-c3cc(C)c(C)cc3C)nc(-c3cc(C)c(C)cc3C)n2)cc1. The Balaban J connectivity index is 1.81. The van der Waals surface area contributed by atoms with Crippen molar-refractivity contribution in [3.8, 4) is 34.2 Å². The van der Waals surface area contributed by atoms with Gasteiger partial charge in [0.05, 0.1) is 0 Å². The minimum atomic E-state index is 0.725. The van der Waals surface area contributed by atoms with Crippen LogP contribution in [0.4, 0.5) is 0 Å². The molecule has 3 aromatic carbocycles. The van der Waals surface area contributed by atoms with Gasteiger partial charge in [-0.2, -0.15) is 0 Å². The van der Waals surface area contributed by atoms with Crippen molar-refractivity contribution in [1.82, 2.24) is 15.0 Å². The highest BCUT2D eigenvalue weighted by molar-refractivity contribution is 5.70. The average Bonchev–Trinajstić information content (AvgIpc) is 2.86. The van der Waals surface area contributed by atoms with Crippen molar-refractivity contribution in [1.29, 1.82) is 0 Å². The zero-order chi connectivity index (χ0) is 25.8. The molecule has 36 heavy (non-hydrogen) atoms. The number of nitrogens with zero attached hydrogens (tertiary/aromatic N) is 3. The number of unbranched alkanes of at least 4 members (excludes halogenated alkanes) is 3. The van der Waals surface area contributed by atoms with Crippen LogP contribution in [0.3, 0.4) is 0 Å². The summed E-state index contributed by atoms with van der Waals surface area (Å²) in [6.07, 6.45) is 6.24. The molecule has 1 aromatic heterocycles. The zero-order valence-electron chi connectivity index (χ0n) is 23.0. The van der Waals surface area contributed by atoms with E-state index in [-0.39, 0.29) is 0 Å². The zero-order valence-corrected chi connectivity index (χ0v) is 23.0. The smallest absolute Gasteiger partial charge is 0.164 e. The molecule has 0 unspecified atom stereocenters. The van der Waals surface area contributed by atoms with Crippen molar-refractivity contribution in [3.63, 3.8) is 0 Å². The van der Waals surface area contributed by atoms with Crippen LogP contribution in [-0.4, -0.2) is 15.0 Å². The maximum atomic E-state index is 5.02. The molecule has 0 saturated heterocycles. The molecule has 3 nitrogen and oxygen atoms in total. The van der Waals surface area contributed by atoms with E-state index in [0.717, 1.165) is 40.6 Å². The molecule has 1 heterocycles. The van der Waals surface area contributed by atoms with Crippen molar-refractivity contribution < 1.29 is 0 Å². The lowest BCUT2D eigenvalue weighted by molar-refractivity contribution is 0.667. The van der Waals surface area contributed by atoms with E-state index in [1.165, 1.54) is 64.6 Å². The highest BCUT2D eigenvalue weighted by Gasteiger charge is 2.16. The summed E-state index contributed by atoms with van der Waals surface area (Å²) < 4.78 is 0. The molecule has 0 radical (unpaired) electrons. The molecule has 186 valence electrons. The molecule has 3 heteroatoms. The molecule has 4 aromatic rings. The van der Waals surface area contributed by atoms with Crippen LogP contribution in [0.2, 0.25) is 0 Å². The van der Waals surface area contributed by atoms with Gasteiger partial charge in [-0.25, -0.2) is 15.0 Å². The predicted molar refractivity (Wildman–Crippen MR) is 152 cm³/mol. The van der Waals surface area contributed by atoms with Gasteiger partial charge < -0.3 is 0 Å². The van der Waals surface area contributed by atoms with Crippen molar-refractivity contribution in [2.45, 2.75) is 80.6 Å². The fraction of sp³-hybridized carbons (Fsp3) is 0.364. The van der Waals surface area contributed by atoms with Gasteiger partial charge in [0.2, 0.25) is 0 Å². The van der Waals surface area contributed by atoms with E-state index in [0.29, 0.717) is 0 Å². The second kappa shape index (κ2) is 11.2. The standard InChI is InChI=1S/C33H39N3/c1-8-9-10-11-12-27-13-15-28(16-14-27)31-34-32(29-19-23(4)21(2)17-25(29)6)36-33(35-31)30-20-24(5)22(3)18-26(30)7/h13-20H,8-12H2,1-7H3. The second-order valence-electron chi connectivity index (χ2n) is 10.3. The van der Waals surface area contributed by atoms with Gasteiger partial charge in [-0.3, -0.25) is 0 Å². The summed E-state index contributed by atoms with van der Waals surface area (Å²) in [6, 6.07) is 17.7. The number of aryl methyl sites for hydroxylation is 7. The van der Waals surface area contributed by atoms with E-state index < -0.39 is 0 Å². The van der Waals surface area contributed by atoms with E-state index in [1.807, 2.05) is 0 Å². The highest BCUT2D eigenvalue weighted by Crippen LogP contribution is 2.30. The van der Waals surface area contributed by atoms with Crippen LogP contribution in [-0.2, 0) is 6.42 Å². The van der Waals surface area contributed by atoms with Gasteiger partial charge in [-0.15, -0.1) is 0 Å². The van der Waals surface area contributed by atoms with Crippen LogP contribution < -0.4 is 0 Å². The van der Waals surface area contributed by atoms with Gasteiger partial charge in [0.1, 0.15) is 0 Å². The summed E-state index contributed by atoms with van der Waals surface area (Å²) in [5.74, 6) is 2.19. The third-order valence-corrected chi connectivity index (χ3v) is 7.33. The molecule has 0 bridgehead atoms. The fourth-order valence-corrected chi connectivity index (χ4v) is 4.73. The number of hydrogen-bond acceptors (Lipinski definition) is 3. The number of benzene rings is 3. The lowest BCUT2D eigenvalue weighted by atomic mass is 9.99. The van der Waals surface area contributed by atoms with E-state index >= 15 is 0 Å². The Morgan fingerprint density at radius 1 is 0.500 bits per heavy atom. The van der Waals surface area contributed by atoms with Gasteiger partial charge in [0, 0.05) is 16.7 Å². The van der Waals surface area contributed by atoms with E-state index in [9.17, 15) is 0 Å². The fourth-order valence-electron chi connectivity index (χ4n) is 4.73. The lowest BCUT2D eigenvalue weighted by Crippen LogP contribution is -2.03. The molecule has 4 rings (SSSR count). The summed E-state index contributed by atoms with van der Waals surface area (Å²) in [4.78, 5) is 15.0. The topological polar surface area (TPSA) is 38.7 Å². The maximum Gasteiger partial charge on any atom is 0.164 e. The second-order valence-corrected chi connectivity index (χ2v) is 10.3. The third-order valence-electron chi connectivity index (χ3n) is 7.33. The largest absolute Gasteiger partial charge is 0.208 e. The molecule has 0 fully saturated rings. The first-order valence-electron chi connectivity index (χ1n) is 13.3. The van der Waals surface area contributed by atoms with Crippen LogP contribution in [0.1, 0.15) is 71.6 Å². The van der Waals surface area contributed by atoms with Crippen LogP contribution in [0, 0.1) is 41.5 Å². The quantitative estimate of drug-likeness (QED) is 0.238. The Kier molecular flexibility index (Phi) is 7.98. The monoisotopic (exact) mass is 477 g/mol. The lowest BCUT2D eigenvalue weighted by Gasteiger charge is -2.14. The van der Waals surface area contributed by atoms with Gasteiger partial charge in [-0.1, -0.05) is 62.6 Å². The molecule has 0 aliphatic carbocycles. The normalized spacial score (nSPS) is 11.2. The van der Waals surface area contributed by atoms with Gasteiger partial charge >= 0.3 is 0 Å². The summed E-state index contributed by atoms with van der Waals surface area (Å²) in [6.45, 7) is 15.1. The van der Waals surface area contributed by atoms with Crippen LogP contribution in [0.5, 0.6) is 0 Å². The van der Waals surface area contributed by atoms with Crippen LogP contribution >= 0.6 is 0 Å².